The zero-order chi connectivity index (χ0) is 18.6. The van der Waals surface area contributed by atoms with E-state index in [0.717, 1.165) is 35.6 Å². The molecule has 1 aliphatic rings. The van der Waals surface area contributed by atoms with E-state index in [4.69, 9.17) is 5.73 Å². The fraction of sp³-hybridized carbons (Fsp3) is 0.273. The van der Waals surface area contributed by atoms with E-state index < -0.39 is 0 Å². The molecule has 0 spiro atoms. The van der Waals surface area contributed by atoms with Gasteiger partial charge in [0.2, 0.25) is 5.91 Å². The number of nitrogens with two attached hydrogens (primary N) is 1. The number of aromatic nitrogens is 2. The monoisotopic (exact) mass is 360 g/mol. The predicted molar refractivity (Wildman–Crippen MR) is 107 cm³/mol. The summed E-state index contributed by atoms with van der Waals surface area (Å²) in [6.45, 7) is 1.03. The Balaban J connectivity index is 1.41. The average Bonchev–Trinajstić information content (AvgIpc) is 3.13. The summed E-state index contributed by atoms with van der Waals surface area (Å²) in [4.78, 5) is 16.9. The van der Waals surface area contributed by atoms with E-state index in [1.807, 2.05) is 60.8 Å². The number of aryl methyl sites for hydroxylation is 1. The fourth-order valence-corrected chi connectivity index (χ4v) is 3.60. The van der Waals surface area contributed by atoms with Gasteiger partial charge in [0.05, 0.1) is 0 Å². The topological polar surface area (TPSA) is 72.9 Å². The Morgan fingerprint density at radius 3 is 2.67 bits per heavy atom. The molecule has 1 unspecified atom stereocenters. The van der Waals surface area contributed by atoms with Gasteiger partial charge in [0.15, 0.2) is 0 Å². The summed E-state index contributed by atoms with van der Waals surface area (Å²) in [6, 6.07) is 17.2. The molecule has 0 radical (unpaired) electrons. The SMILES string of the molecule is NC(CC(=O)Nc1ccc(-c2ncc3n2CCCC3)cc1)c1ccccc1. The third kappa shape index (κ3) is 3.93. The summed E-state index contributed by atoms with van der Waals surface area (Å²) >= 11 is 0. The molecule has 2 aromatic carbocycles. The molecule has 0 saturated heterocycles. The molecule has 0 bridgehead atoms. The van der Waals surface area contributed by atoms with E-state index in [1.165, 1.54) is 18.5 Å². The van der Waals surface area contributed by atoms with Gasteiger partial charge in [0.25, 0.3) is 0 Å². The highest BCUT2D eigenvalue weighted by atomic mass is 16.1. The first kappa shape index (κ1) is 17.5. The van der Waals surface area contributed by atoms with Gasteiger partial charge >= 0.3 is 0 Å². The summed E-state index contributed by atoms with van der Waals surface area (Å²) in [5.74, 6) is 0.922. The number of hydrogen-bond donors (Lipinski definition) is 2. The lowest BCUT2D eigenvalue weighted by Gasteiger charge is -2.16. The van der Waals surface area contributed by atoms with Gasteiger partial charge in [-0.2, -0.15) is 0 Å². The molecule has 138 valence electrons. The van der Waals surface area contributed by atoms with Crippen LogP contribution >= 0.6 is 0 Å². The molecular formula is C22H24N4O. The summed E-state index contributed by atoms with van der Waals surface area (Å²) in [5, 5.41) is 2.93. The van der Waals surface area contributed by atoms with Crippen molar-refractivity contribution in [2.24, 2.45) is 5.73 Å². The van der Waals surface area contributed by atoms with Crippen molar-refractivity contribution in [3.8, 4) is 11.4 Å². The molecule has 1 aliphatic heterocycles. The van der Waals surface area contributed by atoms with Crippen LogP contribution in [0.25, 0.3) is 11.4 Å². The highest BCUT2D eigenvalue weighted by molar-refractivity contribution is 5.91. The van der Waals surface area contributed by atoms with Crippen molar-refractivity contribution in [3.05, 3.63) is 72.1 Å². The lowest BCUT2D eigenvalue weighted by atomic mass is 10.0. The number of anilines is 1. The minimum atomic E-state index is -0.304. The van der Waals surface area contributed by atoms with Gasteiger partial charge in [0.1, 0.15) is 5.82 Å². The number of fused-ring (bicyclic) bond motifs is 1. The quantitative estimate of drug-likeness (QED) is 0.724. The molecule has 1 amide bonds. The van der Waals surface area contributed by atoms with Crippen LogP contribution in [0.3, 0.4) is 0 Å². The zero-order valence-corrected chi connectivity index (χ0v) is 15.3. The first-order valence-corrected chi connectivity index (χ1v) is 9.46. The molecule has 0 aliphatic carbocycles. The molecule has 3 aromatic rings. The van der Waals surface area contributed by atoms with Gasteiger partial charge < -0.3 is 15.6 Å². The Morgan fingerprint density at radius 1 is 1.11 bits per heavy atom. The average molecular weight is 360 g/mol. The molecule has 1 aromatic heterocycles. The van der Waals surface area contributed by atoms with Gasteiger partial charge in [-0.15, -0.1) is 0 Å². The first-order chi connectivity index (χ1) is 13.2. The number of benzene rings is 2. The highest BCUT2D eigenvalue weighted by Crippen LogP contribution is 2.25. The smallest absolute Gasteiger partial charge is 0.226 e. The molecule has 1 atom stereocenters. The molecule has 5 heteroatoms. The maximum absolute atomic E-state index is 12.3. The number of hydrogen-bond acceptors (Lipinski definition) is 3. The first-order valence-electron chi connectivity index (χ1n) is 9.46. The van der Waals surface area contributed by atoms with Crippen LogP contribution in [0, 0.1) is 0 Å². The number of carbonyl (C=O) groups is 1. The van der Waals surface area contributed by atoms with Crippen LogP contribution < -0.4 is 11.1 Å². The molecule has 3 N–H and O–H groups in total. The van der Waals surface area contributed by atoms with E-state index in [0.29, 0.717) is 0 Å². The second-order valence-corrected chi connectivity index (χ2v) is 7.03. The number of nitrogens with one attached hydrogen (secondary N) is 1. The lowest BCUT2D eigenvalue weighted by molar-refractivity contribution is -0.116. The Morgan fingerprint density at radius 2 is 1.89 bits per heavy atom. The van der Waals surface area contributed by atoms with Crippen LogP contribution in [0.2, 0.25) is 0 Å². The lowest BCUT2D eigenvalue weighted by Crippen LogP contribution is -2.20. The van der Waals surface area contributed by atoms with Crippen LogP contribution in [0.5, 0.6) is 0 Å². The van der Waals surface area contributed by atoms with Crippen LogP contribution in [0.4, 0.5) is 5.69 Å². The number of imidazole rings is 1. The molecule has 0 saturated carbocycles. The van der Waals surface area contributed by atoms with Gasteiger partial charge in [0, 0.05) is 42.1 Å². The molecular weight excluding hydrogens is 336 g/mol. The third-order valence-corrected chi connectivity index (χ3v) is 5.06. The molecule has 2 heterocycles. The van der Waals surface area contributed by atoms with Gasteiger partial charge in [-0.1, -0.05) is 30.3 Å². The molecule has 0 fully saturated rings. The second kappa shape index (κ2) is 7.76. The van der Waals surface area contributed by atoms with Crippen molar-refractivity contribution in [3.63, 3.8) is 0 Å². The van der Waals surface area contributed by atoms with Crippen molar-refractivity contribution < 1.29 is 4.79 Å². The Hall–Kier alpha value is -2.92. The Labute approximate surface area is 159 Å². The van der Waals surface area contributed by atoms with Crippen LogP contribution in [-0.4, -0.2) is 15.5 Å². The van der Waals surface area contributed by atoms with Crippen molar-refractivity contribution in [2.45, 2.75) is 38.3 Å². The molecule has 27 heavy (non-hydrogen) atoms. The molecule has 4 rings (SSSR count). The van der Waals surface area contributed by atoms with Crippen LogP contribution in [0.15, 0.2) is 60.8 Å². The van der Waals surface area contributed by atoms with E-state index in [2.05, 4.69) is 14.9 Å². The normalized spacial score (nSPS) is 14.4. The number of nitrogens with zero attached hydrogens (tertiary/aromatic N) is 2. The van der Waals surface area contributed by atoms with E-state index >= 15 is 0 Å². The van der Waals surface area contributed by atoms with E-state index in [1.54, 1.807) is 0 Å². The van der Waals surface area contributed by atoms with Gasteiger partial charge in [-0.05, 0) is 49.1 Å². The Bertz CT molecular complexity index is 915. The predicted octanol–water partition coefficient (Wildman–Crippen LogP) is 3.92. The largest absolute Gasteiger partial charge is 0.328 e. The molecule has 5 nitrogen and oxygen atoms in total. The Kier molecular flexibility index (Phi) is 5.03. The summed E-state index contributed by atoms with van der Waals surface area (Å²) in [7, 11) is 0. The van der Waals surface area contributed by atoms with Crippen LogP contribution in [0.1, 0.15) is 36.6 Å². The van der Waals surface area contributed by atoms with Crippen molar-refractivity contribution in [1.29, 1.82) is 0 Å². The van der Waals surface area contributed by atoms with E-state index in [9.17, 15) is 4.79 Å². The second-order valence-electron chi connectivity index (χ2n) is 7.03. The number of rotatable bonds is 5. The maximum atomic E-state index is 12.3. The summed E-state index contributed by atoms with van der Waals surface area (Å²) in [5.41, 5.74) is 10.2. The van der Waals surface area contributed by atoms with Crippen molar-refractivity contribution in [2.75, 3.05) is 5.32 Å². The van der Waals surface area contributed by atoms with Crippen LogP contribution in [-0.2, 0) is 17.8 Å². The zero-order valence-electron chi connectivity index (χ0n) is 15.3. The van der Waals surface area contributed by atoms with E-state index in [-0.39, 0.29) is 18.4 Å². The van der Waals surface area contributed by atoms with Crippen molar-refractivity contribution in [1.82, 2.24) is 9.55 Å². The minimum Gasteiger partial charge on any atom is -0.328 e. The fourth-order valence-electron chi connectivity index (χ4n) is 3.60. The summed E-state index contributed by atoms with van der Waals surface area (Å²) in [6.07, 6.45) is 5.77. The highest BCUT2D eigenvalue weighted by Gasteiger charge is 2.15. The number of amides is 1. The summed E-state index contributed by atoms with van der Waals surface area (Å²) < 4.78 is 2.30. The third-order valence-electron chi connectivity index (χ3n) is 5.06. The standard InChI is InChI=1S/C22H24N4O/c23-20(16-6-2-1-3-7-16)14-21(27)25-18-11-9-17(10-12-18)22-24-15-19-8-4-5-13-26(19)22/h1-3,6-7,9-12,15,20H,4-5,8,13-14,23H2,(H,25,27). The number of carbonyl (C=O) groups excluding carboxylic acids is 1. The van der Waals surface area contributed by atoms with Crippen molar-refractivity contribution >= 4 is 11.6 Å². The minimum absolute atomic E-state index is 0.0858. The van der Waals surface area contributed by atoms with Gasteiger partial charge in [-0.3, -0.25) is 4.79 Å². The van der Waals surface area contributed by atoms with Gasteiger partial charge in [-0.25, -0.2) is 4.98 Å². The maximum Gasteiger partial charge on any atom is 0.226 e.